The first-order valence-electron chi connectivity index (χ1n) is 23.8. The number of nitrogens with zero attached hydrogens (tertiary/aromatic N) is 2. The highest BCUT2D eigenvalue weighted by atomic mass is 32.1. The lowest BCUT2D eigenvalue weighted by atomic mass is 9.84. The first kappa shape index (κ1) is 38.4. The highest BCUT2D eigenvalue weighted by Gasteiger charge is 2.29. The lowest BCUT2D eigenvalue weighted by Crippen LogP contribution is -2.24. The molecule has 2 nitrogen and oxygen atoms in total. The summed E-state index contributed by atoms with van der Waals surface area (Å²) in [5.74, 6) is 0. The molecule has 3 aliphatic rings. The molecule has 0 amide bonds. The first-order chi connectivity index (χ1) is 33.7. The maximum absolute atomic E-state index is 2.55. The summed E-state index contributed by atoms with van der Waals surface area (Å²) in [6, 6.07) is 73.8. The monoisotopic (exact) mass is 902 g/mol. The van der Waals surface area contributed by atoms with Gasteiger partial charge in [0.2, 0.25) is 0 Å². The van der Waals surface area contributed by atoms with Gasteiger partial charge in [-0.15, -0.1) is 22.7 Å². The molecule has 0 radical (unpaired) electrons. The third kappa shape index (κ3) is 5.75. The Morgan fingerprint density at radius 3 is 1.40 bits per heavy atom. The molecule has 10 aromatic carbocycles. The van der Waals surface area contributed by atoms with Crippen LogP contribution in [0.3, 0.4) is 0 Å². The number of allylic oxidation sites excluding steroid dienone is 3. The van der Waals surface area contributed by atoms with E-state index in [4.69, 9.17) is 0 Å². The molecule has 68 heavy (non-hydrogen) atoms. The summed E-state index contributed by atoms with van der Waals surface area (Å²) in [5, 5.41) is 10.2. The van der Waals surface area contributed by atoms with Crippen LogP contribution in [-0.2, 0) is 12.8 Å². The van der Waals surface area contributed by atoms with Crippen molar-refractivity contribution in [1.82, 2.24) is 0 Å². The standard InChI is InChI=1S/C64H42N2S2/c1-7-19-55-39(13-1)33-40-14-2-8-20-56(40)65(55)45-27-29-49-53(37-45)63(43-25-31-61-51(35-43)47-17-5-11-23-59(47)67-61)50-30-28-46(66-57-21-9-3-15-41(57)34-42-16-4-10-22-58(42)66)38-54(50)64(49)44-26-32-62-52(36-44)48-18-6-12-24-60(48)68-62/h1-3,5-15,17-32,35-38H,4,16,33-34H2. The van der Waals surface area contributed by atoms with E-state index >= 15 is 0 Å². The second-order valence-corrected chi connectivity index (χ2v) is 20.8. The van der Waals surface area contributed by atoms with Crippen molar-refractivity contribution in [2.45, 2.75) is 25.7 Å². The van der Waals surface area contributed by atoms with Crippen molar-refractivity contribution in [2.75, 3.05) is 9.80 Å². The van der Waals surface area contributed by atoms with E-state index in [9.17, 15) is 0 Å². The Kier molecular flexibility index (Phi) is 8.39. The minimum Gasteiger partial charge on any atom is -0.310 e. The summed E-state index contributed by atoms with van der Waals surface area (Å²) < 4.78 is 5.27. The Bertz CT molecular complexity index is 4140. The third-order valence-electron chi connectivity index (χ3n) is 14.9. The molecule has 0 fully saturated rings. The fourth-order valence-corrected chi connectivity index (χ4v) is 14.0. The molecule has 12 aromatic rings. The minimum atomic E-state index is 0.919. The Morgan fingerprint density at radius 2 is 0.824 bits per heavy atom. The van der Waals surface area contributed by atoms with Crippen molar-refractivity contribution in [1.29, 1.82) is 0 Å². The lowest BCUT2D eigenvalue weighted by molar-refractivity contribution is 0.857. The molecule has 4 heterocycles. The van der Waals surface area contributed by atoms with Gasteiger partial charge < -0.3 is 9.80 Å². The van der Waals surface area contributed by atoms with Gasteiger partial charge in [-0.05, 0) is 170 Å². The van der Waals surface area contributed by atoms with Crippen LogP contribution in [-0.4, -0.2) is 0 Å². The van der Waals surface area contributed by atoms with Gasteiger partial charge in [0.15, 0.2) is 0 Å². The number of thiophene rings is 2. The molecule has 0 bridgehead atoms. The average Bonchev–Trinajstić information content (AvgIpc) is 3.96. The van der Waals surface area contributed by atoms with Crippen molar-refractivity contribution in [3.8, 4) is 22.3 Å². The highest BCUT2D eigenvalue weighted by Crippen LogP contribution is 2.52. The smallest absolute Gasteiger partial charge is 0.0497 e. The SMILES string of the molecule is C1=CC2=C(CC1)Cc1ccccc1N2c1ccc2c(-c3ccc4sc5ccccc5c4c3)c3cc(N4c5ccccc5Cc5ccccc54)ccc3c(-c3ccc4sc5ccccc5c4c3)c2c1. The molecule has 1 aliphatic carbocycles. The summed E-state index contributed by atoms with van der Waals surface area (Å²) in [5.41, 5.74) is 18.0. The molecule has 0 N–H and O–H groups in total. The van der Waals surface area contributed by atoms with Crippen LogP contribution in [0.2, 0.25) is 0 Å². The third-order valence-corrected chi connectivity index (χ3v) is 17.2. The van der Waals surface area contributed by atoms with E-state index < -0.39 is 0 Å². The van der Waals surface area contributed by atoms with Crippen molar-refractivity contribution < 1.29 is 0 Å². The Labute approximate surface area is 402 Å². The lowest BCUT2D eigenvalue weighted by Gasteiger charge is -2.36. The van der Waals surface area contributed by atoms with Crippen LogP contribution >= 0.6 is 22.7 Å². The van der Waals surface area contributed by atoms with E-state index in [2.05, 4.69) is 216 Å². The highest BCUT2D eigenvalue weighted by molar-refractivity contribution is 7.26. The zero-order valence-electron chi connectivity index (χ0n) is 37.2. The number of anilines is 5. The van der Waals surface area contributed by atoms with E-state index in [1.807, 2.05) is 22.7 Å². The van der Waals surface area contributed by atoms with Crippen LogP contribution in [0.4, 0.5) is 28.4 Å². The second-order valence-electron chi connectivity index (χ2n) is 18.7. The Morgan fingerprint density at radius 1 is 0.353 bits per heavy atom. The molecular formula is C64H42N2S2. The summed E-state index contributed by atoms with van der Waals surface area (Å²) in [4.78, 5) is 5.05. The van der Waals surface area contributed by atoms with E-state index in [0.29, 0.717) is 0 Å². The van der Waals surface area contributed by atoms with Crippen LogP contribution in [0.25, 0.3) is 84.1 Å². The van der Waals surface area contributed by atoms with Crippen molar-refractivity contribution in [2.24, 2.45) is 0 Å². The predicted molar refractivity (Wildman–Crippen MR) is 293 cm³/mol. The van der Waals surface area contributed by atoms with E-state index in [0.717, 1.165) is 31.4 Å². The first-order valence-corrected chi connectivity index (χ1v) is 25.4. The van der Waals surface area contributed by atoms with Gasteiger partial charge in [0.25, 0.3) is 0 Å². The summed E-state index contributed by atoms with van der Waals surface area (Å²) >= 11 is 3.77. The molecular weight excluding hydrogens is 861 g/mol. The fraction of sp³-hybridized carbons (Fsp3) is 0.0625. The van der Waals surface area contributed by atoms with Crippen molar-refractivity contribution in [3.63, 3.8) is 0 Å². The van der Waals surface area contributed by atoms with Crippen LogP contribution in [0.15, 0.2) is 218 Å². The van der Waals surface area contributed by atoms with Gasteiger partial charge in [-0.3, -0.25) is 0 Å². The van der Waals surface area contributed by atoms with E-state index in [1.165, 1.54) is 135 Å². The molecule has 0 atom stereocenters. The Balaban J connectivity index is 1.07. The van der Waals surface area contributed by atoms with Gasteiger partial charge in [-0.1, -0.05) is 121 Å². The normalized spacial score (nSPS) is 14.4. The van der Waals surface area contributed by atoms with Gasteiger partial charge in [-0.2, -0.15) is 0 Å². The van der Waals surface area contributed by atoms with Gasteiger partial charge in [0.1, 0.15) is 0 Å². The summed E-state index contributed by atoms with van der Waals surface area (Å²) in [6.07, 6.45) is 8.84. The number of benzene rings is 10. The zero-order valence-corrected chi connectivity index (χ0v) is 38.8. The predicted octanol–water partition coefficient (Wildman–Crippen LogP) is 18.7. The molecule has 0 saturated heterocycles. The molecule has 0 spiro atoms. The molecule has 0 saturated carbocycles. The molecule has 320 valence electrons. The van der Waals surface area contributed by atoms with Crippen LogP contribution < -0.4 is 9.80 Å². The Hall–Kier alpha value is -7.76. The average molecular weight is 903 g/mol. The maximum Gasteiger partial charge on any atom is 0.0497 e. The molecule has 2 aromatic heterocycles. The number of hydrogen-bond acceptors (Lipinski definition) is 4. The van der Waals surface area contributed by atoms with Crippen molar-refractivity contribution >= 4 is 113 Å². The van der Waals surface area contributed by atoms with Crippen molar-refractivity contribution in [3.05, 3.63) is 234 Å². The quantitative estimate of drug-likeness (QED) is 0.162. The van der Waals surface area contributed by atoms with E-state index in [1.54, 1.807) is 0 Å². The van der Waals surface area contributed by atoms with Crippen LogP contribution in [0.5, 0.6) is 0 Å². The van der Waals surface area contributed by atoms with Gasteiger partial charge >= 0.3 is 0 Å². The molecule has 0 unspecified atom stereocenters. The number of hydrogen-bond donors (Lipinski definition) is 0. The molecule has 15 rings (SSSR count). The van der Waals surface area contributed by atoms with Gasteiger partial charge in [0, 0.05) is 80.9 Å². The molecule has 4 heteroatoms. The van der Waals surface area contributed by atoms with Crippen LogP contribution in [0, 0.1) is 0 Å². The fourth-order valence-electron chi connectivity index (χ4n) is 11.9. The largest absolute Gasteiger partial charge is 0.310 e. The van der Waals surface area contributed by atoms with Gasteiger partial charge in [0.05, 0.1) is 0 Å². The zero-order chi connectivity index (χ0) is 44.5. The van der Waals surface area contributed by atoms with E-state index in [-0.39, 0.29) is 0 Å². The van der Waals surface area contributed by atoms with Crippen LogP contribution in [0.1, 0.15) is 29.5 Å². The molecule has 2 aliphatic heterocycles. The number of rotatable bonds is 4. The summed E-state index contributed by atoms with van der Waals surface area (Å²) in [7, 11) is 0. The maximum atomic E-state index is 2.55. The minimum absolute atomic E-state index is 0.919. The summed E-state index contributed by atoms with van der Waals surface area (Å²) in [6.45, 7) is 0. The second kappa shape index (κ2) is 14.9. The number of fused-ring (bicyclic) bond motifs is 11. The van der Waals surface area contributed by atoms with Gasteiger partial charge in [-0.25, -0.2) is 0 Å². The number of para-hydroxylation sites is 3. The topological polar surface area (TPSA) is 6.48 Å².